The first kappa shape index (κ1) is 17.7. The lowest BCUT2D eigenvalue weighted by Gasteiger charge is -2.09. The summed E-state index contributed by atoms with van der Waals surface area (Å²) in [5, 5.41) is 0. The number of hydrogen-bond acceptors (Lipinski definition) is 4. The summed E-state index contributed by atoms with van der Waals surface area (Å²) in [7, 11) is 0. The van der Waals surface area contributed by atoms with E-state index in [2.05, 4.69) is 0 Å². The number of esters is 1. The van der Waals surface area contributed by atoms with Crippen molar-refractivity contribution < 1.29 is 19.1 Å². The Hall–Kier alpha value is -2.62. The second-order valence-corrected chi connectivity index (χ2v) is 5.94. The van der Waals surface area contributed by atoms with Gasteiger partial charge in [-0.25, -0.2) is 4.79 Å². The zero-order chi connectivity index (χ0) is 17.7. The largest absolute Gasteiger partial charge is 0.482 e. The van der Waals surface area contributed by atoms with Crippen LogP contribution < -0.4 is 4.74 Å². The first-order chi connectivity index (χ1) is 11.4. The van der Waals surface area contributed by atoms with Crippen LogP contribution in [0.25, 0.3) is 0 Å². The predicted molar refractivity (Wildman–Crippen MR) is 92.6 cm³/mol. The molecule has 0 saturated heterocycles. The second-order valence-electron chi connectivity index (χ2n) is 5.94. The Kier molecular flexibility index (Phi) is 5.74. The Balaban J connectivity index is 1.85. The van der Waals surface area contributed by atoms with Gasteiger partial charge in [-0.05, 0) is 62.6 Å². The molecule has 126 valence electrons. The van der Waals surface area contributed by atoms with E-state index in [9.17, 15) is 9.59 Å². The summed E-state index contributed by atoms with van der Waals surface area (Å²) in [6.07, 6.45) is 0. The van der Waals surface area contributed by atoms with Gasteiger partial charge >= 0.3 is 5.97 Å². The van der Waals surface area contributed by atoms with Gasteiger partial charge in [-0.3, -0.25) is 4.79 Å². The van der Waals surface area contributed by atoms with Gasteiger partial charge in [0.1, 0.15) is 5.75 Å². The molecule has 4 heteroatoms. The fraction of sp³-hybridized carbons (Fsp3) is 0.300. The van der Waals surface area contributed by atoms with Gasteiger partial charge in [0.2, 0.25) is 5.78 Å². The van der Waals surface area contributed by atoms with Gasteiger partial charge < -0.3 is 9.47 Å². The lowest BCUT2D eigenvalue weighted by Crippen LogP contribution is -2.20. The quantitative estimate of drug-likeness (QED) is 0.599. The van der Waals surface area contributed by atoms with Crippen molar-refractivity contribution in [2.24, 2.45) is 0 Å². The number of rotatable bonds is 6. The fourth-order valence-electron chi connectivity index (χ4n) is 2.25. The highest BCUT2D eigenvalue weighted by Crippen LogP contribution is 2.16. The number of Topliss-reactive ketones (excluding diaryl/α,β-unsaturated/α-hetero) is 1. The Morgan fingerprint density at radius 3 is 2.25 bits per heavy atom. The number of ether oxygens (including phenoxy) is 2. The monoisotopic (exact) mass is 326 g/mol. The molecule has 2 rings (SSSR count). The van der Waals surface area contributed by atoms with Gasteiger partial charge in [-0.2, -0.15) is 0 Å². The summed E-state index contributed by atoms with van der Waals surface area (Å²) < 4.78 is 10.4. The van der Waals surface area contributed by atoms with Gasteiger partial charge in [0.15, 0.2) is 13.2 Å². The summed E-state index contributed by atoms with van der Waals surface area (Å²) in [5.41, 5.74) is 4.69. The van der Waals surface area contributed by atoms with Crippen LogP contribution >= 0.6 is 0 Å². The predicted octanol–water partition coefficient (Wildman–Crippen LogP) is 3.73. The third-order valence-corrected chi connectivity index (χ3v) is 3.89. The highest BCUT2D eigenvalue weighted by Gasteiger charge is 2.13. The molecule has 24 heavy (non-hydrogen) atoms. The summed E-state index contributed by atoms with van der Waals surface area (Å²) in [6.45, 7) is 7.26. The molecule has 0 fully saturated rings. The van der Waals surface area contributed by atoms with Gasteiger partial charge in [0, 0.05) is 5.56 Å². The molecule has 0 unspecified atom stereocenters. The third kappa shape index (κ3) is 4.69. The van der Waals surface area contributed by atoms with Crippen LogP contribution in [0.15, 0.2) is 36.4 Å². The van der Waals surface area contributed by atoms with E-state index in [0.717, 1.165) is 22.3 Å². The zero-order valence-electron chi connectivity index (χ0n) is 14.5. The number of benzene rings is 2. The molecule has 0 heterocycles. The summed E-state index contributed by atoms with van der Waals surface area (Å²) in [5.74, 6) is -0.168. The maximum absolute atomic E-state index is 12.2. The zero-order valence-corrected chi connectivity index (χ0v) is 14.5. The Morgan fingerprint density at radius 1 is 0.833 bits per heavy atom. The molecule has 0 aliphatic rings. The van der Waals surface area contributed by atoms with Crippen LogP contribution in [0.3, 0.4) is 0 Å². The number of ketones is 1. The lowest BCUT2D eigenvalue weighted by molar-refractivity contribution is -0.144. The molecule has 0 amide bonds. The molecule has 0 radical (unpaired) electrons. The van der Waals surface area contributed by atoms with Crippen molar-refractivity contribution in [1.82, 2.24) is 0 Å². The van der Waals surface area contributed by atoms with Crippen LogP contribution in [-0.4, -0.2) is 25.0 Å². The molecule has 0 spiro atoms. The summed E-state index contributed by atoms with van der Waals surface area (Å²) in [6, 6.07) is 11.2. The van der Waals surface area contributed by atoms with Crippen LogP contribution in [0.1, 0.15) is 32.6 Å². The van der Waals surface area contributed by atoms with E-state index >= 15 is 0 Å². The van der Waals surface area contributed by atoms with Crippen molar-refractivity contribution in [2.75, 3.05) is 13.2 Å². The molecule has 0 aliphatic carbocycles. The second kappa shape index (κ2) is 7.77. The van der Waals surface area contributed by atoms with Gasteiger partial charge in [-0.1, -0.05) is 23.8 Å². The number of hydrogen-bond donors (Lipinski definition) is 0. The van der Waals surface area contributed by atoms with E-state index in [4.69, 9.17) is 9.47 Å². The van der Waals surface area contributed by atoms with Crippen molar-refractivity contribution in [3.8, 4) is 5.75 Å². The Morgan fingerprint density at radius 2 is 1.54 bits per heavy atom. The molecule has 2 aromatic rings. The minimum absolute atomic E-state index is 0.212. The Labute approximate surface area is 142 Å². The van der Waals surface area contributed by atoms with E-state index < -0.39 is 5.97 Å². The average Bonchev–Trinajstić information content (AvgIpc) is 2.56. The van der Waals surface area contributed by atoms with Crippen molar-refractivity contribution in [1.29, 1.82) is 0 Å². The molecule has 0 bridgehead atoms. The van der Waals surface area contributed by atoms with Crippen LogP contribution in [-0.2, 0) is 9.53 Å². The molecular weight excluding hydrogens is 304 g/mol. The van der Waals surface area contributed by atoms with Crippen molar-refractivity contribution in [2.45, 2.75) is 27.7 Å². The molecule has 0 saturated carbocycles. The van der Waals surface area contributed by atoms with Crippen molar-refractivity contribution in [3.63, 3.8) is 0 Å². The maximum atomic E-state index is 12.2. The highest BCUT2D eigenvalue weighted by molar-refractivity contribution is 5.99. The van der Waals surface area contributed by atoms with Gasteiger partial charge in [-0.15, -0.1) is 0 Å². The molecule has 2 aromatic carbocycles. The Bertz CT molecular complexity index is 762. The van der Waals surface area contributed by atoms with E-state index in [1.54, 1.807) is 12.1 Å². The molecule has 0 aromatic heterocycles. The normalized spacial score (nSPS) is 10.3. The van der Waals surface area contributed by atoms with E-state index in [1.807, 2.05) is 52.0 Å². The first-order valence-corrected chi connectivity index (χ1v) is 7.83. The molecule has 0 N–H and O–H groups in total. The van der Waals surface area contributed by atoms with Crippen LogP contribution in [0.5, 0.6) is 5.75 Å². The van der Waals surface area contributed by atoms with Crippen LogP contribution in [0.2, 0.25) is 0 Å². The summed E-state index contributed by atoms with van der Waals surface area (Å²) >= 11 is 0. The number of carbonyl (C=O) groups excluding carboxylic acids is 2. The molecule has 0 aliphatic heterocycles. The van der Waals surface area contributed by atoms with E-state index in [0.29, 0.717) is 11.3 Å². The minimum Gasteiger partial charge on any atom is -0.482 e. The fourth-order valence-corrected chi connectivity index (χ4v) is 2.25. The molecular formula is C20H22O4. The van der Waals surface area contributed by atoms with E-state index in [-0.39, 0.29) is 19.0 Å². The summed E-state index contributed by atoms with van der Waals surface area (Å²) in [4.78, 5) is 23.9. The van der Waals surface area contributed by atoms with Crippen molar-refractivity contribution >= 4 is 11.8 Å². The lowest BCUT2D eigenvalue weighted by atomic mass is 10.0. The molecule has 0 atom stereocenters. The van der Waals surface area contributed by atoms with E-state index in [1.165, 1.54) is 0 Å². The van der Waals surface area contributed by atoms with Gasteiger partial charge in [0.25, 0.3) is 0 Å². The van der Waals surface area contributed by atoms with Crippen LogP contribution in [0, 0.1) is 27.7 Å². The SMILES string of the molecule is Cc1ccc(C)c(C(=O)COC(=O)COc2ccc(C)c(C)c2)c1. The number of carbonyl (C=O) groups is 2. The third-order valence-electron chi connectivity index (χ3n) is 3.89. The maximum Gasteiger partial charge on any atom is 0.344 e. The molecule has 4 nitrogen and oxygen atoms in total. The average molecular weight is 326 g/mol. The minimum atomic E-state index is -0.563. The highest BCUT2D eigenvalue weighted by atomic mass is 16.6. The van der Waals surface area contributed by atoms with Crippen molar-refractivity contribution in [3.05, 3.63) is 64.2 Å². The number of aryl methyl sites for hydroxylation is 4. The van der Waals surface area contributed by atoms with Crippen LogP contribution in [0.4, 0.5) is 0 Å². The standard InChI is InChI=1S/C20H22O4/c1-13-5-6-15(3)18(9-13)19(21)11-24-20(22)12-23-17-8-7-14(2)16(4)10-17/h5-10H,11-12H2,1-4H3. The van der Waals surface area contributed by atoms with Gasteiger partial charge in [0.05, 0.1) is 0 Å². The smallest absolute Gasteiger partial charge is 0.344 e. The topological polar surface area (TPSA) is 52.6 Å². The first-order valence-electron chi connectivity index (χ1n) is 7.83.